The Bertz CT molecular complexity index is 641. The summed E-state index contributed by atoms with van der Waals surface area (Å²) in [5.74, 6) is 2.36. The molecule has 0 bridgehead atoms. The van der Waals surface area contributed by atoms with Gasteiger partial charge in [0.1, 0.15) is 10.8 Å². The van der Waals surface area contributed by atoms with Gasteiger partial charge in [0.15, 0.2) is 11.5 Å². The summed E-state index contributed by atoms with van der Waals surface area (Å²) < 4.78 is 16.0. The number of aliphatic hydroxyl groups is 1. The fourth-order valence-corrected chi connectivity index (χ4v) is 2.65. The number of thioether (sulfide) groups is 1. The average molecular weight is 322 g/mol. The van der Waals surface area contributed by atoms with E-state index in [-0.39, 0.29) is 5.76 Å². The van der Waals surface area contributed by atoms with Gasteiger partial charge in [-0.2, -0.15) is 5.10 Å². The molecule has 0 amide bonds. The third kappa shape index (κ3) is 3.54. The van der Waals surface area contributed by atoms with Gasteiger partial charge in [0.25, 0.3) is 0 Å². The third-order valence-electron chi connectivity index (χ3n) is 3.02. The fraction of sp³-hybridized carbons (Fsp3) is 0.333. The lowest BCUT2D eigenvalue weighted by molar-refractivity contribution is 0.349. The lowest BCUT2D eigenvalue weighted by atomic mass is 10.1. The Morgan fingerprint density at radius 1 is 1.14 bits per heavy atom. The number of aliphatic hydroxyl groups excluding tert-OH is 1. The summed E-state index contributed by atoms with van der Waals surface area (Å²) in [4.78, 5) is 0. The van der Waals surface area contributed by atoms with Crippen LogP contribution in [0, 0.1) is 0 Å². The van der Waals surface area contributed by atoms with Crippen molar-refractivity contribution in [3.8, 4) is 17.2 Å². The van der Waals surface area contributed by atoms with Crippen molar-refractivity contribution < 1.29 is 19.3 Å². The van der Waals surface area contributed by atoms with Crippen LogP contribution in [-0.2, 0) is 0 Å². The zero-order valence-corrected chi connectivity index (χ0v) is 13.6. The highest BCUT2D eigenvalue weighted by molar-refractivity contribution is 8.14. The molecular weight excluding hydrogens is 304 g/mol. The number of hydrogen-bond donors (Lipinski definition) is 1. The van der Waals surface area contributed by atoms with Gasteiger partial charge in [-0.3, -0.25) is 0 Å². The van der Waals surface area contributed by atoms with Crippen molar-refractivity contribution in [3.63, 3.8) is 0 Å². The van der Waals surface area contributed by atoms with Crippen molar-refractivity contribution in [2.45, 2.75) is 6.42 Å². The minimum Gasteiger partial charge on any atom is -0.512 e. The van der Waals surface area contributed by atoms with E-state index >= 15 is 0 Å². The van der Waals surface area contributed by atoms with Gasteiger partial charge in [-0.15, -0.1) is 16.9 Å². The largest absolute Gasteiger partial charge is 0.512 e. The number of rotatable bonds is 6. The molecule has 22 heavy (non-hydrogen) atoms. The summed E-state index contributed by atoms with van der Waals surface area (Å²) in [5.41, 5.74) is 1.59. The molecule has 0 radical (unpaired) electrons. The molecule has 0 fully saturated rings. The van der Waals surface area contributed by atoms with E-state index in [1.807, 2.05) is 6.07 Å². The first kappa shape index (κ1) is 16.2. The predicted octanol–water partition coefficient (Wildman–Crippen LogP) is 3.02. The van der Waals surface area contributed by atoms with E-state index in [1.165, 1.54) is 11.8 Å². The van der Waals surface area contributed by atoms with E-state index < -0.39 is 0 Å². The van der Waals surface area contributed by atoms with Crippen molar-refractivity contribution in [2.75, 3.05) is 27.1 Å². The molecular formula is C15H18N2O4S. The van der Waals surface area contributed by atoms with E-state index in [9.17, 15) is 0 Å². The highest BCUT2D eigenvalue weighted by Gasteiger charge is 2.21. The average Bonchev–Trinajstić information content (AvgIpc) is 3.00. The van der Waals surface area contributed by atoms with Gasteiger partial charge in [-0.25, -0.2) is 0 Å². The monoisotopic (exact) mass is 322 g/mol. The van der Waals surface area contributed by atoms with Gasteiger partial charge in [-0.1, -0.05) is 6.58 Å². The maximum atomic E-state index is 9.15. The predicted molar refractivity (Wildman–Crippen MR) is 88.9 cm³/mol. The Labute approximate surface area is 133 Å². The van der Waals surface area contributed by atoms with E-state index in [1.54, 1.807) is 27.4 Å². The van der Waals surface area contributed by atoms with E-state index in [0.29, 0.717) is 29.4 Å². The van der Waals surface area contributed by atoms with Crippen LogP contribution in [0.15, 0.2) is 34.7 Å². The Kier molecular flexibility index (Phi) is 5.32. The zero-order valence-electron chi connectivity index (χ0n) is 12.8. The number of ether oxygens (including phenoxy) is 3. The molecule has 1 N–H and O–H groups in total. The van der Waals surface area contributed by atoms with Crippen LogP contribution in [0.1, 0.15) is 12.0 Å². The molecule has 1 aliphatic rings. The van der Waals surface area contributed by atoms with Gasteiger partial charge >= 0.3 is 0 Å². The molecule has 1 aromatic carbocycles. The Hall–Kier alpha value is -2.15. The summed E-state index contributed by atoms with van der Waals surface area (Å²) in [7, 11) is 4.74. The Balaban J connectivity index is 2.21. The molecule has 0 atom stereocenters. The summed E-state index contributed by atoms with van der Waals surface area (Å²) in [5, 5.41) is 18.3. The fourth-order valence-electron chi connectivity index (χ4n) is 1.98. The number of methoxy groups -OCH3 is 3. The minimum absolute atomic E-state index is 0.116. The van der Waals surface area contributed by atoms with Crippen LogP contribution in [-0.4, -0.2) is 42.9 Å². The second-order valence-corrected chi connectivity index (χ2v) is 5.53. The second kappa shape index (κ2) is 7.22. The van der Waals surface area contributed by atoms with Crippen molar-refractivity contribution in [3.05, 3.63) is 30.0 Å². The van der Waals surface area contributed by atoms with Crippen molar-refractivity contribution >= 4 is 22.5 Å². The summed E-state index contributed by atoms with van der Waals surface area (Å²) in [6.07, 6.45) is 0.573. The molecule has 1 heterocycles. The summed E-state index contributed by atoms with van der Waals surface area (Å²) in [6.45, 7) is 3.45. The maximum absolute atomic E-state index is 9.15. The molecule has 1 aliphatic heterocycles. The van der Waals surface area contributed by atoms with Crippen LogP contribution >= 0.6 is 11.8 Å². The molecule has 0 saturated heterocycles. The van der Waals surface area contributed by atoms with Crippen LogP contribution < -0.4 is 14.2 Å². The molecule has 0 saturated carbocycles. The van der Waals surface area contributed by atoms with Gasteiger partial charge < -0.3 is 19.3 Å². The number of hydrogen-bond acceptors (Lipinski definition) is 7. The van der Waals surface area contributed by atoms with Gasteiger partial charge in [0, 0.05) is 18.1 Å². The Morgan fingerprint density at radius 2 is 1.77 bits per heavy atom. The van der Waals surface area contributed by atoms with Crippen molar-refractivity contribution in [2.24, 2.45) is 10.2 Å². The van der Waals surface area contributed by atoms with Crippen molar-refractivity contribution in [1.82, 2.24) is 0 Å². The molecule has 6 nitrogen and oxygen atoms in total. The highest BCUT2D eigenvalue weighted by atomic mass is 32.2. The first-order valence-electron chi connectivity index (χ1n) is 6.52. The molecule has 0 spiro atoms. The molecule has 1 aromatic rings. The van der Waals surface area contributed by atoms with Crippen LogP contribution in [0.25, 0.3) is 0 Å². The molecule has 118 valence electrons. The van der Waals surface area contributed by atoms with Crippen LogP contribution in [0.5, 0.6) is 17.2 Å². The van der Waals surface area contributed by atoms with E-state index in [2.05, 4.69) is 16.8 Å². The van der Waals surface area contributed by atoms with Gasteiger partial charge in [0.05, 0.1) is 38.6 Å². The topological polar surface area (TPSA) is 72.6 Å². The van der Waals surface area contributed by atoms with E-state index in [4.69, 9.17) is 19.3 Å². The molecule has 7 heteroatoms. The normalized spacial score (nSPS) is 13.4. The first-order valence-corrected chi connectivity index (χ1v) is 7.51. The quantitative estimate of drug-likeness (QED) is 0.815. The minimum atomic E-state index is 0.116. The van der Waals surface area contributed by atoms with Gasteiger partial charge in [0.2, 0.25) is 0 Å². The second-order valence-electron chi connectivity index (χ2n) is 4.48. The zero-order chi connectivity index (χ0) is 16.1. The number of benzene rings is 1. The standard InChI is InChI=1S/C15H18N2O4S/c1-9(18)8-22-15-6-11(16-17-15)10-5-13(20-3)14(21-4)7-12(10)19-2/h5,7,18H,1,6,8H2,2-4H3. The third-order valence-corrected chi connectivity index (χ3v) is 4.06. The summed E-state index contributed by atoms with van der Waals surface area (Å²) >= 11 is 1.41. The number of nitrogens with zero attached hydrogens (tertiary/aromatic N) is 2. The summed E-state index contributed by atoms with van der Waals surface area (Å²) in [6, 6.07) is 3.59. The Morgan fingerprint density at radius 3 is 2.36 bits per heavy atom. The molecule has 0 aliphatic carbocycles. The van der Waals surface area contributed by atoms with E-state index in [0.717, 1.165) is 16.3 Å². The lowest BCUT2D eigenvalue weighted by Crippen LogP contribution is -2.06. The van der Waals surface area contributed by atoms with Gasteiger partial charge in [-0.05, 0) is 6.07 Å². The van der Waals surface area contributed by atoms with Crippen LogP contribution in [0.2, 0.25) is 0 Å². The molecule has 0 unspecified atom stereocenters. The smallest absolute Gasteiger partial charge is 0.164 e. The van der Waals surface area contributed by atoms with Crippen molar-refractivity contribution in [1.29, 1.82) is 0 Å². The molecule has 2 rings (SSSR count). The highest BCUT2D eigenvalue weighted by Crippen LogP contribution is 2.36. The lowest BCUT2D eigenvalue weighted by Gasteiger charge is -2.13. The van der Waals surface area contributed by atoms with Crippen LogP contribution in [0.3, 0.4) is 0 Å². The molecule has 0 aromatic heterocycles. The SMILES string of the molecule is C=C(O)CSC1=NN=C(c2cc(OC)c(OC)cc2OC)C1. The maximum Gasteiger partial charge on any atom is 0.164 e. The van der Waals surface area contributed by atoms with Crippen LogP contribution in [0.4, 0.5) is 0 Å². The first-order chi connectivity index (χ1) is 10.6.